The molecule has 0 radical (unpaired) electrons. The molecule has 142 valence electrons. The molecule has 0 aromatic carbocycles. The van der Waals surface area contributed by atoms with Crippen molar-refractivity contribution in [1.29, 1.82) is 0 Å². The summed E-state index contributed by atoms with van der Waals surface area (Å²) < 4.78 is 9.52. The van der Waals surface area contributed by atoms with Crippen molar-refractivity contribution < 1.29 is 39.5 Å². The second-order valence-corrected chi connectivity index (χ2v) is 5.91. The van der Waals surface area contributed by atoms with Gasteiger partial charge >= 0.3 is 11.9 Å². The number of hydrogen-bond acceptors (Lipinski definition) is 8. The van der Waals surface area contributed by atoms with Gasteiger partial charge in [-0.1, -0.05) is 0 Å². The van der Waals surface area contributed by atoms with Gasteiger partial charge in [0.15, 0.2) is 12.2 Å². The van der Waals surface area contributed by atoms with Crippen LogP contribution in [0.1, 0.15) is 52.4 Å². The van der Waals surface area contributed by atoms with Crippen LogP contribution >= 0.6 is 0 Å². The Balaban J connectivity index is 3.91. The molecule has 0 aromatic rings. The van der Waals surface area contributed by atoms with Crippen molar-refractivity contribution in [3.63, 3.8) is 0 Å². The molecule has 0 aliphatic rings. The van der Waals surface area contributed by atoms with Crippen molar-refractivity contribution in [1.82, 2.24) is 0 Å². The molecule has 0 rings (SSSR count). The van der Waals surface area contributed by atoms with E-state index in [2.05, 4.69) is 0 Å². The van der Waals surface area contributed by atoms with Crippen molar-refractivity contribution in [2.24, 2.45) is 0 Å². The fraction of sp³-hybridized carbons (Fsp3) is 0.875. The lowest BCUT2D eigenvalue weighted by atomic mass is 10.2. The summed E-state index contributed by atoms with van der Waals surface area (Å²) >= 11 is 0. The largest absolute Gasteiger partial charge is 0.464 e. The van der Waals surface area contributed by atoms with Crippen LogP contribution in [0, 0.1) is 0 Å². The van der Waals surface area contributed by atoms with Crippen LogP contribution in [0.4, 0.5) is 0 Å². The summed E-state index contributed by atoms with van der Waals surface area (Å²) in [5.74, 6) is -2.18. The monoisotopic (exact) mass is 350 g/mol. The summed E-state index contributed by atoms with van der Waals surface area (Å²) in [6.07, 6.45) is -1.38. The number of carbonyl (C=O) groups excluding carboxylic acids is 2. The van der Waals surface area contributed by atoms with Gasteiger partial charge in [0.25, 0.3) is 0 Å². The Kier molecular flexibility index (Phi) is 12.4. The zero-order chi connectivity index (χ0) is 18.5. The molecule has 0 aliphatic carbocycles. The number of ether oxygens (including phenoxy) is 2. The first kappa shape index (κ1) is 22.8. The van der Waals surface area contributed by atoms with E-state index in [4.69, 9.17) is 19.7 Å². The van der Waals surface area contributed by atoms with Crippen LogP contribution in [0.2, 0.25) is 0 Å². The minimum Gasteiger partial charge on any atom is -0.464 e. The van der Waals surface area contributed by atoms with Gasteiger partial charge in [0, 0.05) is 0 Å². The molecule has 8 nitrogen and oxygen atoms in total. The topological polar surface area (TPSA) is 134 Å². The van der Waals surface area contributed by atoms with Crippen molar-refractivity contribution in [3.8, 4) is 0 Å². The lowest BCUT2D eigenvalue weighted by Crippen LogP contribution is -2.41. The average molecular weight is 350 g/mol. The molecule has 0 amide bonds. The van der Waals surface area contributed by atoms with Crippen LogP contribution in [0.5, 0.6) is 0 Å². The molecule has 4 atom stereocenters. The van der Waals surface area contributed by atoms with Gasteiger partial charge < -0.3 is 29.9 Å². The Morgan fingerprint density at radius 1 is 0.708 bits per heavy atom. The van der Waals surface area contributed by atoms with Gasteiger partial charge in [0.05, 0.1) is 25.4 Å². The van der Waals surface area contributed by atoms with Crippen LogP contribution in [0.3, 0.4) is 0 Å². The Labute approximate surface area is 142 Å². The van der Waals surface area contributed by atoms with E-state index in [1.165, 1.54) is 0 Å². The molecule has 0 saturated heterocycles. The molecule has 24 heavy (non-hydrogen) atoms. The van der Waals surface area contributed by atoms with Crippen molar-refractivity contribution in [3.05, 3.63) is 0 Å². The second-order valence-electron chi connectivity index (χ2n) is 5.91. The number of carbonyl (C=O) groups is 2. The summed E-state index contributed by atoms with van der Waals surface area (Å²) in [6.45, 7) is 3.37. The highest BCUT2D eigenvalue weighted by Gasteiger charge is 2.32. The van der Waals surface area contributed by atoms with E-state index in [1.54, 1.807) is 13.8 Å². The Bertz CT molecular complexity index is 322. The zero-order valence-corrected chi connectivity index (χ0v) is 14.4. The highest BCUT2D eigenvalue weighted by Crippen LogP contribution is 2.05. The van der Waals surface area contributed by atoms with Crippen LogP contribution in [0.15, 0.2) is 0 Å². The Morgan fingerprint density at radius 2 is 1.04 bits per heavy atom. The Morgan fingerprint density at radius 3 is 1.33 bits per heavy atom. The van der Waals surface area contributed by atoms with E-state index in [0.717, 1.165) is 0 Å². The number of esters is 2. The number of rotatable bonds is 13. The molecule has 0 aliphatic heterocycles. The van der Waals surface area contributed by atoms with E-state index in [1.807, 2.05) is 0 Å². The van der Waals surface area contributed by atoms with Gasteiger partial charge in [-0.15, -0.1) is 0 Å². The highest BCUT2D eigenvalue weighted by molar-refractivity contribution is 5.85. The molecule has 0 fully saturated rings. The third-order valence-corrected chi connectivity index (χ3v) is 3.30. The average Bonchev–Trinajstić information content (AvgIpc) is 2.51. The van der Waals surface area contributed by atoms with E-state index >= 15 is 0 Å². The fourth-order valence-corrected chi connectivity index (χ4v) is 1.86. The standard InChI is InChI=1S/C16H30O8/c1-11(17)7-3-5-9-23-15(21)13(19)14(20)16(22)24-10-6-4-8-12(2)18/h11-14,17-20H,3-10H2,1-2H3. The summed E-state index contributed by atoms with van der Waals surface area (Å²) in [5, 5.41) is 37.3. The maximum Gasteiger partial charge on any atom is 0.338 e. The Hall–Kier alpha value is -1.22. The van der Waals surface area contributed by atoms with Crippen molar-refractivity contribution in [2.45, 2.75) is 76.8 Å². The predicted octanol–water partition coefficient (Wildman–Crippen LogP) is -0.103. The molecular formula is C16H30O8. The third-order valence-electron chi connectivity index (χ3n) is 3.30. The van der Waals surface area contributed by atoms with E-state index in [-0.39, 0.29) is 13.2 Å². The number of aliphatic hydroxyl groups excluding tert-OH is 4. The number of hydrogen-bond donors (Lipinski definition) is 4. The maximum atomic E-state index is 11.5. The van der Waals surface area contributed by atoms with Crippen LogP contribution < -0.4 is 0 Å². The molecular weight excluding hydrogens is 320 g/mol. The van der Waals surface area contributed by atoms with Crippen LogP contribution in [-0.2, 0) is 19.1 Å². The predicted molar refractivity (Wildman–Crippen MR) is 85.0 cm³/mol. The van der Waals surface area contributed by atoms with E-state index in [0.29, 0.717) is 38.5 Å². The van der Waals surface area contributed by atoms with Crippen LogP contribution in [0.25, 0.3) is 0 Å². The number of aliphatic hydroxyl groups is 4. The van der Waals surface area contributed by atoms with Gasteiger partial charge in [0.2, 0.25) is 0 Å². The molecule has 0 aromatic heterocycles. The van der Waals surface area contributed by atoms with Gasteiger partial charge in [-0.2, -0.15) is 0 Å². The normalized spacial score (nSPS) is 16.1. The van der Waals surface area contributed by atoms with Crippen molar-refractivity contribution >= 4 is 11.9 Å². The van der Waals surface area contributed by atoms with Gasteiger partial charge in [-0.3, -0.25) is 0 Å². The summed E-state index contributed by atoms with van der Waals surface area (Å²) in [4.78, 5) is 23.0. The quantitative estimate of drug-likeness (QED) is 0.267. The first-order valence-corrected chi connectivity index (χ1v) is 8.31. The van der Waals surface area contributed by atoms with Gasteiger partial charge in [-0.25, -0.2) is 9.59 Å². The number of unbranched alkanes of at least 4 members (excludes halogenated alkanes) is 2. The van der Waals surface area contributed by atoms with E-state index < -0.39 is 36.4 Å². The molecule has 4 unspecified atom stereocenters. The zero-order valence-electron chi connectivity index (χ0n) is 14.4. The minimum atomic E-state index is -1.99. The molecule has 0 spiro atoms. The lowest BCUT2D eigenvalue weighted by molar-refractivity contribution is -0.173. The lowest BCUT2D eigenvalue weighted by Gasteiger charge is -2.16. The van der Waals surface area contributed by atoms with Gasteiger partial charge in [-0.05, 0) is 52.4 Å². The second kappa shape index (κ2) is 13.1. The van der Waals surface area contributed by atoms with Crippen molar-refractivity contribution in [2.75, 3.05) is 13.2 Å². The highest BCUT2D eigenvalue weighted by atomic mass is 16.6. The molecule has 0 bridgehead atoms. The molecule has 0 saturated carbocycles. The minimum absolute atomic E-state index is 0.0315. The van der Waals surface area contributed by atoms with Gasteiger partial charge in [0.1, 0.15) is 0 Å². The maximum absolute atomic E-state index is 11.5. The summed E-state index contributed by atoms with van der Waals surface area (Å²) in [6, 6.07) is 0. The molecule has 4 N–H and O–H groups in total. The molecule has 0 heterocycles. The fourth-order valence-electron chi connectivity index (χ4n) is 1.86. The van der Waals surface area contributed by atoms with Crippen LogP contribution in [-0.4, -0.2) is 70.0 Å². The summed E-state index contributed by atoms with van der Waals surface area (Å²) in [5.41, 5.74) is 0. The third kappa shape index (κ3) is 11.3. The smallest absolute Gasteiger partial charge is 0.338 e. The molecule has 8 heteroatoms. The first-order chi connectivity index (χ1) is 11.3. The first-order valence-electron chi connectivity index (χ1n) is 8.31. The SMILES string of the molecule is CC(O)CCCCOC(=O)C(O)C(O)C(=O)OCCCCC(C)O. The summed E-state index contributed by atoms with van der Waals surface area (Å²) in [7, 11) is 0. The van der Waals surface area contributed by atoms with E-state index in [9.17, 15) is 19.8 Å².